The van der Waals surface area contributed by atoms with E-state index in [9.17, 15) is 14.7 Å². The van der Waals surface area contributed by atoms with Gasteiger partial charge in [0.25, 0.3) is 5.91 Å². The van der Waals surface area contributed by atoms with E-state index >= 15 is 0 Å². The second-order valence-electron chi connectivity index (χ2n) is 5.80. The standard InChI is InChI=1S/C20H17NO3S2/c1-2-13-8-10-14(11-9-13)12-16-18(22)21(20(25)26-16)17(19(23)24)15-6-4-3-5-7-15/h3-12,17H,2H2,1H3,(H,23,24)/b16-12+/t17-/m1/s1. The van der Waals surface area contributed by atoms with Gasteiger partial charge >= 0.3 is 5.97 Å². The summed E-state index contributed by atoms with van der Waals surface area (Å²) in [5, 5.41) is 9.67. The maximum absolute atomic E-state index is 12.8. The molecule has 0 unspecified atom stereocenters. The normalized spacial score (nSPS) is 17.0. The van der Waals surface area contributed by atoms with E-state index < -0.39 is 12.0 Å². The van der Waals surface area contributed by atoms with Gasteiger partial charge in [0, 0.05) is 0 Å². The van der Waals surface area contributed by atoms with Crippen LogP contribution in [0.4, 0.5) is 0 Å². The summed E-state index contributed by atoms with van der Waals surface area (Å²) >= 11 is 6.44. The molecule has 0 bridgehead atoms. The molecule has 6 heteroatoms. The second kappa shape index (κ2) is 7.85. The molecule has 0 saturated carbocycles. The van der Waals surface area contributed by atoms with Gasteiger partial charge in [-0.2, -0.15) is 0 Å². The Morgan fingerprint density at radius 1 is 1.19 bits per heavy atom. The lowest BCUT2D eigenvalue weighted by Crippen LogP contribution is -2.37. The summed E-state index contributed by atoms with van der Waals surface area (Å²) in [6.45, 7) is 2.08. The predicted molar refractivity (Wildman–Crippen MR) is 108 cm³/mol. The van der Waals surface area contributed by atoms with E-state index in [0.29, 0.717) is 10.5 Å². The molecule has 1 aliphatic rings. The lowest BCUT2D eigenvalue weighted by atomic mass is 10.1. The highest BCUT2D eigenvalue weighted by Crippen LogP contribution is 2.38. The summed E-state index contributed by atoms with van der Waals surface area (Å²) in [6, 6.07) is 15.4. The third-order valence-electron chi connectivity index (χ3n) is 4.12. The molecule has 0 aliphatic carbocycles. The van der Waals surface area contributed by atoms with Crippen LogP contribution < -0.4 is 0 Å². The quantitative estimate of drug-likeness (QED) is 0.617. The van der Waals surface area contributed by atoms with Crippen molar-refractivity contribution in [2.45, 2.75) is 19.4 Å². The summed E-state index contributed by atoms with van der Waals surface area (Å²) in [7, 11) is 0. The fourth-order valence-corrected chi connectivity index (χ4v) is 4.05. The molecule has 1 fully saturated rings. The first-order chi connectivity index (χ1) is 12.5. The number of carboxylic acids is 1. The maximum atomic E-state index is 12.8. The van der Waals surface area contributed by atoms with Crippen LogP contribution in [0.1, 0.15) is 29.7 Å². The maximum Gasteiger partial charge on any atom is 0.331 e. The Bertz CT molecular complexity index is 876. The van der Waals surface area contributed by atoms with Gasteiger partial charge in [0.2, 0.25) is 0 Å². The molecule has 3 rings (SSSR count). The second-order valence-corrected chi connectivity index (χ2v) is 7.47. The number of carbonyl (C=O) groups is 2. The average Bonchev–Trinajstić information content (AvgIpc) is 2.91. The molecule has 2 aromatic rings. The van der Waals surface area contributed by atoms with Gasteiger partial charge in [-0.25, -0.2) is 4.79 Å². The van der Waals surface area contributed by atoms with Crippen molar-refractivity contribution in [3.05, 3.63) is 76.2 Å². The average molecular weight is 383 g/mol. The van der Waals surface area contributed by atoms with Crippen LogP contribution in [0.15, 0.2) is 59.5 Å². The molecule has 1 saturated heterocycles. The number of aliphatic carboxylic acids is 1. The number of rotatable bonds is 5. The summed E-state index contributed by atoms with van der Waals surface area (Å²) in [4.78, 5) is 26.3. The summed E-state index contributed by atoms with van der Waals surface area (Å²) in [5.41, 5.74) is 2.61. The minimum absolute atomic E-state index is 0.252. The Morgan fingerprint density at radius 3 is 2.42 bits per heavy atom. The van der Waals surface area contributed by atoms with Gasteiger partial charge in [-0.15, -0.1) is 0 Å². The Balaban J connectivity index is 1.92. The van der Waals surface area contributed by atoms with Crippen molar-refractivity contribution < 1.29 is 14.7 Å². The van der Waals surface area contributed by atoms with Crippen molar-refractivity contribution >= 4 is 46.3 Å². The molecule has 0 radical (unpaired) electrons. The molecule has 1 amide bonds. The van der Waals surface area contributed by atoms with E-state index in [2.05, 4.69) is 6.92 Å². The highest BCUT2D eigenvalue weighted by molar-refractivity contribution is 8.26. The first kappa shape index (κ1) is 18.4. The molecular formula is C20H17NO3S2. The van der Waals surface area contributed by atoms with Crippen molar-refractivity contribution in [2.75, 3.05) is 0 Å². The molecular weight excluding hydrogens is 366 g/mol. The minimum atomic E-state index is -1.13. The number of hydrogen-bond acceptors (Lipinski definition) is 4. The molecule has 132 valence electrons. The number of carboxylic acid groups (broad SMARTS) is 1. The molecule has 4 nitrogen and oxygen atoms in total. The fourth-order valence-electron chi connectivity index (χ4n) is 2.74. The summed E-state index contributed by atoms with van der Waals surface area (Å²) in [6.07, 6.45) is 2.70. The molecule has 1 N–H and O–H groups in total. The van der Waals surface area contributed by atoms with Crippen molar-refractivity contribution in [2.24, 2.45) is 0 Å². The van der Waals surface area contributed by atoms with Crippen molar-refractivity contribution in [3.8, 4) is 0 Å². The van der Waals surface area contributed by atoms with Crippen molar-refractivity contribution in [3.63, 3.8) is 0 Å². The van der Waals surface area contributed by atoms with Gasteiger partial charge in [-0.3, -0.25) is 9.69 Å². The summed E-state index contributed by atoms with van der Waals surface area (Å²) < 4.78 is 0.252. The summed E-state index contributed by atoms with van der Waals surface area (Å²) in [5.74, 6) is -1.49. The Labute approximate surface area is 161 Å². The molecule has 0 spiro atoms. The van der Waals surface area contributed by atoms with Gasteiger partial charge in [-0.1, -0.05) is 85.5 Å². The third-order valence-corrected chi connectivity index (χ3v) is 5.45. The third kappa shape index (κ3) is 3.71. The smallest absolute Gasteiger partial charge is 0.331 e. The lowest BCUT2D eigenvalue weighted by molar-refractivity contribution is -0.145. The predicted octanol–water partition coefficient (Wildman–Crippen LogP) is 4.28. The molecule has 1 heterocycles. The Morgan fingerprint density at radius 2 is 1.85 bits per heavy atom. The van der Waals surface area contributed by atoms with Gasteiger partial charge in [0.1, 0.15) is 4.32 Å². The highest BCUT2D eigenvalue weighted by Gasteiger charge is 2.41. The SMILES string of the molecule is CCc1ccc(/C=C2/SC(=S)N([C@@H](C(=O)O)c3ccccc3)C2=O)cc1. The van der Waals surface area contributed by atoms with Crippen LogP contribution >= 0.6 is 24.0 Å². The van der Waals surface area contributed by atoms with Gasteiger partial charge in [0.15, 0.2) is 6.04 Å². The number of aryl methyl sites for hydroxylation is 1. The van der Waals surface area contributed by atoms with Crippen LogP contribution in [0.2, 0.25) is 0 Å². The Kier molecular flexibility index (Phi) is 5.54. The highest BCUT2D eigenvalue weighted by atomic mass is 32.2. The van der Waals surface area contributed by atoms with Crippen LogP contribution in [-0.4, -0.2) is 26.2 Å². The number of carbonyl (C=O) groups excluding carboxylic acids is 1. The van der Waals surface area contributed by atoms with Crippen molar-refractivity contribution in [1.82, 2.24) is 4.90 Å². The number of benzene rings is 2. The van der Waals surface area contributed by atoms with Crippen molar-refractivity contribution in [1.29, 1.82) is 0 Å². The topological polar surface area (TPSA) is 57.6 Å². The van der Waals surface area contributed by atoms with E-state index in [1.807, 2.05) is 24.3 Å². The zero-order valence-electron chi connectivity index (χ0n) is 14.1. The zero-order valence-corrected chi connectivity index (χ0v) is 15.7. The Hall–Kier alpha value is -2.44. The van der Waals surface area contributed by atoms with E-state index in [-0.39, 0.29) is 10.2 Å². The number of thiocarbonyl (C=S) groups is 1. The van der Waals surface area contributed by atoms with E-state index in [1.165, 1.54) is 10.5 Å². The molecule has 1 atom stereocenters. The van der Waals surface area contributed by atoms with Crippen LogP contribution in [0.25, 0.3) is 6.08 Å². The monoisotopic (exact) mass is 383 g/mol. The largest absolute Gasteiger partial charge is 0.479 e. The number of thioether (sulfide) groups is 1. The van der Waals surface area contributed by atoms with E-state index in [4.69, 9.17) is 12.2 Å². The zero-order chi connectivity index (χ0) is 18.7. The van der Waals surface area contributed by atoms with Crippen LogP contribution in [0, 0.1) is 0 Å². The molecule has 1 aliphatic heterocycles. The number of nitrogens with zero attached hydrogens (tertiary/aromatic N) is 1. The molecule has 0 aromatic heterocycles. The van der Waals surface area contributed by atoms with Crippen LogP contribution in [-0.2, 0) is 16.0 Å². The number of amides is 1. The lowest BCUT2D eigenvalue weighted by Gasteiger charge is -2.23. The number of hydrogen-bond donors (Lipinski definition) is 1. The molecule has 26 heavy (non-hydrogen) atoms. The van der Waals surface area contributed by atoms with Crippen LogP contribution in [0.3, 0.4) is 0 Å². The van der Waals surface area contributed by atoms with Gasteiger partial charge < -0.3 is 5.11 Å². The first-order valence-corrected chi connectivity index (χ1v) is 9.37. The van der Waals surface area contributed by atoms with E-state index in [1.54, 1.807) is 36.4 Å². The minimum Gasteiger partial charge on any atom is -0.479 e. The fraction of sp³-hybridized carbons (Fsp3) is 0.150. The van der Waals surface area contributed by atoms with Gasteiger partial charge in [-0.05, 0) is 29.2 Å². The van der Waals surface area contributed by atoms with Crippen LogP contribution in [0.5, 0.6) is 0 Å². The molecule has 2 aromatic carbocycles. The first-order valence-electron chi connectivity index (χ1n) is 8.15. The van der Waals surface area contributed by atoms with Gasteiger partial charge in [0.05, 0.1) is 4.91 Å². The van der Waals surface area contributed by atoms with E-state index in [0.717, 1.165) is 23.7 Å².